The molecule has 0 amide bonds. The molecule has 0 bridgehead atoms. The van der Waals surface area contributed by atoms with E-state index in [9.17, 15) is 13.5 Å². The molecule has 2 N–H and O–H groups in total. The van der Waals surface area contributed by atoms with Crippen molar-refractivity contribution in [3.8, 4) is 0 Å². The van der Waals surface area contributed by atoms with E-state index in [1.807, 2.05) is 17.0 Å². The van der Waals surface area contributed by atoms with Crippen molar-refractivity contribution in [3.63, 3.8) is 0 Å². The lowest BCUT2D eigenvalue weighted by molar-refractivity contribution is 0.301. The number of anilines is 1. The molecule has 0 aromatic heterocycles. The molecule has 20 heavy (non-hydrogen) atoms. The van der Waals surface area contributed by atoms with Gasteiger partial charge in [0.25, 0.3) is 0 Å². The quantitative estimate of drug-likeness (QED) is 0.797. The standard InChI is InChI=1S/C14H22N2O3S/c1-11(2)15-20(18,19)14-6-4-3-5-13(14)16(9-10-17)12-7-8-12/h3-6,11-12,15,17H,7-10H2,1-2H3. The summed E-state index contributed by atoms with van der Waals surface area (Å²) in [4.78, 5) is 2.28. The second kappa shape index (κ2) is 6.11. The largest absolute Gasteiger partial charge is 0.395 e. The zero-order chi connectivity index (χ0) is 14.8. The molecule has 0 aliphatic heterocycles. The maximum atomic E-state index is 12.4. The summed E-state index contributed by atoms with van der Waals surface area (Å²) >= 11 is 0. The smallest absolute Gasteiger partial charge is 0.242 e. The summed E-state index contributed by atoms with van der Waals surface area (Å²) in [7, 11) is -3.53. The fourth-order valence-electron chi connectivity index (χ4n) is 2.29. The first-order valence-electron chi connectivity index (χ1n) is 6.94. The molecule has 1 saturated carbocycles. The zero-order valence-electron chi connectivity index (χ0n) is 11.9. The average molecular weight is 298 g/mol. The number of para-hydroxylation sites is 1. The highest BCUT2D eigenvalue weighted by molar-refractivity contribution is 7.89. The van der Waals surface area contributed by atoms with E-state index in [1.54, 1.807) is 26.0 Å². The minimum absolute atomic E-state index is 0.0164. The number of hydrogen-bond donors (Lipinski definition) is 2. The van der Waals surface area contributed by atoms with E-state index in [0.29, 0.717) is 18.3 Å². The lowest BCUT2D eigenvalue weighted by atomic mass is 10.2. The van der Waals surface area contributed by atoms with Gasteiger partial charge in [0.15, 0.2) is 0 Å². The monoisotopic (exact) mass is 298 g/mol. The minimum Gasteiger partial charge on any atom is -0.395 e. The lowest BCUT2D eigenvalue weighted by Crippen LogP contribution is -2.34. The van der Waals surface area contributed by atoms with Gasteiger partial charge in [-0.05, 0) is 38.8 Å². The summed E-state index contributed by atoms with van der Waals surface area (Å²) in [6.07, 6.45) is 2.10. The molecule has 0 spiro atoms. The van der Waals surface area contributed by atoms with E-state index in [0.717, 1.165) is 12.8 Å². The van der Waals surface area contributed by atoms with Crippen LogP contribution in [0.4, 0.5) is 5.69 Å². The molecule has 1 aliphatic carbocycles. The number of nitrogens with one attached hydrogen (secondary N) is 1. The Morgan fingerprint density at radius 2 is 2.00 bits per heavy atom. The van der Waals surface area contributed by atoms with Crippen LogP contribution in [-0.2, 0) is 10.0 Å². The van der Waals surface area contributed by atoms with Crippen LogP contribution >= 0.6 is 0 Å². The first-order valence-corrected chi connectivity index (χ1v) is 8.43. The molecule has 6 heteroatoms. The van der Waals surface area contributed by atoms with E-state index < -0.39 is 10.0 Å². The van der Waals surface area contributed by atoms with Gasteiger partial charge in [0.2, 0.25) is 10.0 Å². The number of benzene rings is 1. The van der Waals surface area contributed by atoms with Gasteiger partial charge < -0.3 is 10.0 Å². The fraction of sp³-hybridized carbons (Fsp3) is 0.571. The van der Waals surface area contributed by atoms with Crippen LogP contribution in [0, 0.1) is 0 Å². The van der Waals surface area contributed by atoms with Crippen molar-refractivity contribution in [2.24, 2.45) is 0 Å². The van der Waals surface area contributed by atoms with Crippen molar-refractivity contribution in [2.45, 2.75) is 43.7 Å². The van der Waals surface area contributed by atoms with Crippen LogP contribution in [0.25, 0.3) is 0 Å². The van der Waals surface area contributed by atoms with Crippen molar-refractivity contribution in [2.75, 3.05) is 18.1 Å². The van der Waals surface area contributed by atoms with Crippen molar-refractivity contribution in [3.05, 3.63) is 24.3 Å². The Balaban J connectivity index is 2.39. The van der Waals surface area contributed by atoms with Crippen molar-refractivity contribution < 1.29 is 13.5 Å². The Bertz CT molecular complexity index is 553. The molecule has 0 unspecified atom stereocenters. The second-order valence-electron chi connectivity index (χ2n) is 5.39. The topological polar surface area (TPSA) is 69.6 Å². The van der Waals surface area contributed by atoms with Crippen molar-refractivity contribution in [1.29, 1.82) is 0 Å². The van der Waals surface area contributed by atoms with Gasteiger partial charge in [0.1, 0.15) is 4.90 Å². The molecule has 0 saturated heterocycles. The van der Waals surface area contributed by atoms with Gasteiger partial charge in [0, 0.05) is 18.6 Å². The number of aliphatic hydroxyl groups excluding tert-OH is 1. The van der Waals surface area contributed by atoms with Crippen LogP contribution in [0.15, 0.2) is 29.2 Å². The Labute approximate surface area is 120 Å². The van der Waals surface area contributed by atoms with Gasteiger partial charge in [0.05, 0.1) is 12.3 Å². The third kappa shape index (κ3) is 3.50. The molecule has 5 nitrogen and oxygen atoms in total. The van der Waals surface area contributed by atoms with Crippen LogP contribution in [0.1, 0.15) is 26.7 Å². The first-order chi connectivity index (χ1) is 9.45. The maximum absolute atomic E-state index is 12.4. The summed E-state index contributed by atoms with van der Waals surface area (Å²) < 4.78 is 27.4. The maximum Gasteiger partial charge on any atom is 0.242 e. The van der Waals surface area contributed by atoms with Crippen LogP contribution in [0.5, 0.6) is 0 Å². The highest BCUT2D eigenvalue weighted by Gasteiger charge is 2.32. The van der Waals surface area contributed by atoms with Gasteiger partial charge in [-0.25, -0.2) is 13.1 Å². The molecule has 2 rings (SSSR count). The third-order valence-electron chi connectivity index (χ3n) is 3.18. The summed E-state index contributed by atoms with van der Waals surface area (Å²) in [6.45, 7) is 4.07. The van der Waals surface area contributed by atoms with E-state index in [1.165, 1.54) is 0 Å². The zero-order valence-corrected chi connectivity index (χ0v) is 12.7. The van der Waals surface area contributed by atoms with Crippen LogP contribution in [-0.4, -0.2) is 38.8 Å². The lowest BCUT2D eigenvalue weighted by Gasteiger charge is -2.26. The number of rotatable bonds is 7. The molecule has 1 aromatic rings. The van der Waals surface area contributed by atoms with E-state index >= 15 is 0 Å². The molecule has 1 aliphatic rings. The van der Waals surface area contributed by atoms with E-state index in [2.05, 4.69) is 4.72 Å². The number of sulfonamides is 1. The Kier molecular flexibility index (Phi) is 4.67. The minimum atomic E-state index is -3.53. The van der Waals surface area contributed by atoms with Crippen LogP contribution < -0.4 is 9.62 Å². The molecule has 112 valence electrons. The predicted octanol–water partition coefficient (Wildman–Crippen LogP) is 1.33. The first kappa shape index (κ1) is 15.3. The third-order valence-corrected chi connectivity index (χ3v) is 4.89. The highest BCUT2D eigenvalue weighted by atomic mass is 32.2. The molecular formula is C14H22N2O3S. The van der Waals surface area contributed by atoms with Gasteiger partial charge in [-0.15, -0.1) is 0 Å². The van der Waals surface area contributed by atoms with E-state index in [-0.39, 0.29) is 17.5 Å². The molecule has 1 aromatic carbocycles. The molecule has 1 fully saturated rings. The normalized spacial score (nSPS) is 15.6. The number of hydrogen-bond acceptors (Lipinski definition) is 4. The molecular weight excluding hydrogens is 276 g/mol. The van der Waals surface area contributed by atoms with Crippen LogP contribution in [0.3, 0.4) is 0 Å². The molecule has 0 radical (unpaired) electrons. The fourth-order valence-corrected chi connectivity index (χ4v) is 3.76. The van der Waals surface area contributed by atoms with Crippen molar-refractivity contribution in [1.82, 2.24) is 4.72 Å². The number of aliphatic hydroxyl groups is 1. The summed E-state index contributed by atoms with van der Waals surface area (Å²) in [6, 6.07) is 7.17. The van der Waals surface area contributed by atoms with Crippen molar-refractivity contribution >= 4 is 15.7 Å². The second-order valence-corrected chi connectivity index (χ2v) is 7.07. The van der Waals surface area contributed by atoms with E-state index in [4.69, 9.17) is 0 Å². The Hall–Kier alpha value is -1.11. The van der Waals surface area contributed by atoms with Crippen LogP contribution in [0.2, 0.25) is 0 Å². The van der Waals surface area contributed by atoms with Gasteiger partial charge in [-0.3, -0.25) is 0 Å². The van der Waals surface area contributed by atoms with Gasteiger partial charge in [-0.1, -0.05) is 12.1 Å². The highest BCUT2D eigenvalue weighted by Crippen LogP contribution is 2.34. The Morgan fingerprint density at radius 3 is 2.55 bits per heavy atom. The molecule has 0 atom stereocenters. The summed E-state index contributed by atoms with van der Waals surface area (Å²) in [5.41, 5.74) is 0.678. The molecule has 0 heterocycles. The summed E-state index contributed by atoms with van der Waals surface area (Å²) in [5, 5.41) is 9.21. The Morgan fingerprint density at radius 1 is 1.35 bits per heavy atom. The summed E-state index contributed by atoms with van der Waals surface area (Å²) in [5.74, 6) is 0. The number of nitrogens with zero attached hydrogens (tertiary/aromatic N) is 1. The SMILES string of the molecule is CC(C)NS(=O)(=O)c1ccccc1N(CCO)C1CC1. The predicted molar refractivity (Wildman–Crippen MR) is 79.4 cm³/mol. The van der Waals surface area contributed by atoms with Gasteiger partial charge in [-0.2, -0.15) is 0 Å². The average Bonchev–Trinajstić information content (AvgIpc) is 3.19. The van der Waals surface area contributed by atoms with Gasteiger partial charge >= 0.3 is 0 Å².